The lowest BCUT2D eigenvalue weighted by atomic mass is 9.96. The number of hydrogen-bond acceptors (Lipinski definition) is 6. The average molecular weight is 395 g/mol. The first-order valence-electron chi connectivity index (χ1n) is 7.96. The van der Waals surface area contributed by atoms with Gasteiger partial charge in [-0.05, 0) is 37.3 Å². The SMILES string of the molecule is O=C(COC(=O)c1csc2c1CCCC2)Nc1ccc([N+](=O)[O-])cc1Cl. The molecule has 0 fully saturated rings. The van der Waals surface area contributed by atoms with E-state index in [2.05, 4.69) is 5.32 Å². The van der Waals surface area contributed by atoms with E-state index in [1.807, 2.05) is 0 Å². The molecule has 1 aliphatic carbocycles. The van der Waals surface area contributed by atoms with Gasteiger partial charge in [-0.2, -0.15) is 0 Å². The molecule has 0 saturated heterocycles. The van der Waals surface area contributed by atoms with Gasteiger partial charge < -0.3 is 10.1 Å². The number of benzene rings is 1. The van der Waals surface area contributed by atoms with Crippen molar-refractivity contribution in [1.29, 1.82) is 0 Å². The van der Waals surface area contributed by atoms with Crippen molar-refractivity contribution < 1.29 is 19.2 Å². The van der Waals surface area contributed by atoms with Crippen LogP contribution in [-0.2, 0) is 22.4 Å². The lowest BCUT2D eigenvalue weighted by molar-refractivity contribution is -0.384. The van der Waals surface area contributed by atoms with Gasteiger partial charge >= 0.3 is 5.97 Å². The highest BCUT2D eigenvalue weighted by Gasteiger charge is 2.22. The summed E-state index contributed by atoms with van der Waals surface area (Å²) in [4.78, 5) is 35.5. The molecule has 0 unspecified atom stereocenters. The van der Waals surface area contributed by atoms with Crippen molar-refractivity contribution in [1.82, 2.24) is 0 Å². The Morgan fingerprint density at radius 1 is 1.31 bits per heavy atom. The predicted molar refractivity (Wildman–Crippen MR) is 98.0 cm³/mol. The summed E-state index contributed by atoms with van der Waals surface area (Å²) in [5.41, 5.74) is 1.60. The zero-order valence-corrected chi connectivity index (χ0v) is 15.2. The lowest BCUT2D eigenvalue weighted by Crippen LogP contribution is -2.21. The number of nitrogens with zero attached hydrogens (tertiary/aromatic N) is 1. The molecule has 0 spiro atoms. The van der Waals surface area contributed by atoms with Crippen molar-refractivity contribution in [2.45, 2.75) is 25.7 Å². The van der Waals surface area contributed by atoms with E-state index in [1.165, 1.54) is 17.0 Å². The van der Waals surface area contributed by atoms with E-state index in [4.69, 9.17) is 16.3 Å². The van der Waals surface area contributed by atoms with Crippen LogP contribution in [0.4, 0.5) is 11.4 Å². The smallest absolute Gasteiger partial charge is 0.339 e. The van der Waals surface area contributed by atoms with Crippen molar-refractivity contribution in [2.75, 3.05) is 11.9 Å². The van der Waals surface area contributed by atoms with Gasteiger partial charge in [-0.1, -0.05) is 11.6 Å². The third-order valence-corrected chi connectivity index (χ3v) is 5.45. The summed E-state index contributed by atoms with van der Waals surface area (Å²) in [5.74, 6) is -1.09. The topological polar surface area (TPSA) is 98.5 Å². The minimum absolute atomic E-state index is 0.0331. The fourth-order valence-corrected chi connectivity index (χ4v) is 4.12. The van der Waals surface area contributed by atoms with Gasteiger partial charge in [0.25, 0.3) is 11.6 Å². The highest BCUT2D eigenvalue weighted by molar-refractivity contribution is 7.10. The van der Waals surface area contributed by atoms with Crippen molar-refractivity contribution >= 4 is 46.2 Å². The number of halogens is 1. The van der Waals surface area contributed by atoms with Crippen LogP contribution in [0.2, 0.25) is 5.02 Å². The molecule has 1 N–H and O–H groups in total. The fraction of sp³-hybridized carbons (Fsp3) is 0.294. The molecule has 1 aromatic heterocycles. The number of aryl methyl sites for hydroxylation is 1. The second kappa shape index (κ2) is 7.84. The van der Waals surface area contributed by atoms with E-state index < -0.39 is 23.4 Å². The van der Waals surface area contributed by atoms with Gasteiger partial charge in [0.05, 0.1) is 21.2 Å². The van der Waals surface area contributed by atoms with Gasteiger partial charge in [0.2, 0.25) is 0 Å². The Labute approximate surface area is 158 Å². The van der Waals surface area contributed by atoms with Crippen LogP contribution in [0, 0.1) is 10.1 Å². The largest absolute Gasteiger partial charge is 0.452 e. The number of esters is 1. The number of nitrogens with one attached hydrogen (secondary N) is 1. The number of nitro benzene ring substituents is 1. The summed E-state index contributed by atoms with van der Waals surface area (Å²) in [7, 11) is 0. The summed E-state index contributed by atoms with van der Waals surface area (Å²) < 4.78 is 5.09. The van der Waals surface area contributed by atoms with E-state index in [0.29, 0.717) is 5.56 Å². The average Bonchev–Trinajstić information content (AvgIpc) is 3.05. The predicted octanol–water partition coefficient (Wildman–Crippen LogP) is 3.98. The van der Waals surface area contributed by atoms with Gasteiger partial charge in [-0.15, -0.1) is 11.3 Å². The highest BCUT2D eigenvalue weighted by atomic mass is 35.5. The van der Waals surface area contributed by atoms with E-state index in [0.717, 1.165) is 37.3 Å². The molecule has 136 valence electrons. The van der Waals surface area contributed by atoms with Crippen LogP contribution in [0.3, 0.4) is 0 Å². The maximum absolute atomic E-state index is 12.2. The van der Waals surface area contributed by atoms with Gasteiger partial charge in [0.15, 0.2) is 6.61 Å². The molecule has 0 radical (unpaired) electrons. The monoisotopic (exact) mass is 394 g/mol. The number of nitro groups is 1. The minimum Gasteiger partial charge on any atom is -0.452 e. The zero-order valence-electron chi connectivity index (χ0n) is 13.6. The fourth-order valence-electron chi connectivity index (χ4n) is 2.78. The molecule has 1 heterocycles. The third-order valence-electron chi connectivity index (χ3n) is 4.05. The summed E-state index contributed by atoms with van der Waals surface area (Å²) >= 11 is 7.46. The molecule has 9 heteroatoms. The Hall–Kier alpha value is -2.45. The first kappa shape index (κ1) is 18.3. The lowest BCUT2D eigenvalue weighted by Gasteiger charge is -2.12. The molecular formula is C17H15ClN2O5S. The van der Waals surface area contributed by atoms with Crippen molar-refractivity contribution in [3.05, 3.63) is 54.7 Å². The number of rotatable bonds is 5. The number of non-ortho nitro benzene ring substituents is 1. The Morgan fingerprint density at radius 3 is 2.81 bits per heavy atom. The summed E-state index contributed by atoms with van der Waals surface area (Å²) in [6.07, 6.45) is 4.00. The summed E-state index contributed by atoms with van der Waals surface area (Å²) in [6.45, 7) is -0.462. The molecule has 3 rings (SSSR count). The van der Waals surface area contributed by atoms with Crippen LogP contribution in [0.1, 0.15) is 33.6 Å². The normalized spacial score (nSPS) is 13.0. The molecule has 0 atom stereocenters. The number of carbonyl (C=O) groups excluding carboxylic acids is 2. The highest BCUT2D eigenvalue weighted by Crippen LogP contribution is 2.30. The molecule has 1 aliphatic rings. The van der Waals surface area contributed by atoms with Gasteiger partial charge in [-0.3, -0.25) is 14.9 Å². The van der Waals surface area contributed by atoms with Gasteiger partial charge in [0, 0.05) is 22.4 Å². The number of ether oxygens (including phenoxy) is 1. The molecule has 0 saturated carbocycles. The first-order chi connectivity index (χ1) is 12.5. The molecule has 1 aromatic carbocycles. The molecule has 2 aromatic rings. The van der Waals surface area contributed by atoms with Crippen molar-refractivity contribution in [3.8, 4) is 0 Å². The van der Waals surface area contributed by atoms with Crippen LogP contribution < -0.4 is 5.32 Å². The summed E-state index contributed by atoms with van der Waals surface area (Å²) in [5, 5.41) is 15.0. The quantitative estimate of drug-likeness (QED) is 0.469. The van der Waals surface area contributed by atoms with Crippen LogP contribution in [-0.4, -0.2) is 23.4 Å². The second-order valence-corrected chi connectivity index (χ2v) is 7.18. The number of amides is 1. The number of fused-ring (bicyclic) bond motifs is 1. The first-order valence-corrected chi connectivity index (χ1v) is 9.21. The van der Waals surface area contributed by atoms with Crippen LogP contribution >= 0.6 is 22.9 Å². The molecule has 7 nitrogen and oxygen atoms in total. The molecule has 0 aliphatic heterocycles. The van der Waals surface area contributed by atoms with Gasteiger partial charge in [0.1, 0.15) is 0 Å². The number of carbonyl (C=O) groups is 2. The Morgan fingerprint density at radius 2 is 2.08 bits per heavy atom. The Bertz CT molecular complexity index is 880. The second-order valence-electron chi connectivity index (χ2n) is 5.80. The maximum atomic E-state index is 12.2. The van der Waals surface area contributed by atoms with Gasteiger partial charge in [-0.25, -0.2) is 4.79 Å². The number of hydrogen-bond donors (Lipinski definition) is 1. The third kappa shape index (κ3) is 4.03. The molecule has 0 bridgehead atoms. The number of anilines is 1. The Balaban J connectivity index is 1.58. The minimum atomic E-state index is -0.583. The zero-order chi connectivity index (χ0) is 18.7. The van der Waals surface area contributed by atoms with Crippen molar-refractivity contribution in [3.63, 3.8) is 0 Å². The molecule has 26 heavy (non-hydrogen) atoms. The maximum Gasteiger partial charge on any atom is 0.339 e. The van der Waals surface area contributed by atoms with Crippen LogP contribution in [0.25, 0.3) is 0 Å². The molecule has 1 amide bonds. The van der Waals surface area contributed by atoms with E-state index in [1.54, 1.807) is 16.7 Å². The Kier molecular flexibility index (Phi) is 5.53. The van der Waals surface area contributed by atoms with Crippen LogP contribution in [0.5, 0.6) is 0 Å². The molecular weight excluding hydrogens is 380 g/mol. The van der Waals surface area contributed by atoms with E-state index >= 15 is 0 Å². The number of thiophene rings is 1. The standard InChI is InChI=1S/C17H15ClN2O5S/c18-13-7-10(20(23)24)5-6-14(13)19-16(21)8-25-17(22)12-9-26-15-4-2-1-3-11(12)15/h5-7,9H,1-4,8H2,(H,19,21). The van der Waals surface area contributed by atoms with Crippen molar-refractivity contribution in [2.24, 2.45) is 0 Å². The van der Waals surface area contributed by atoms with E-state index in [-0.39, 0.29) is 16.4 Å². The van der Waals surface area contributed by atoms with Crippen LogP contribution in [0.15, 0.2) is 23.6 Å². The summed E-state index contributed by atoms with van der Waals surface area (Å²) in [6, 6.07) is 3.70. The van der Waals surface area contributed by atoms with E-state index in [9.17, 15) is 19.7 Å².